The first-order chi connectivity index (χ1) is 9.25. The summed E-state index contributed by atoms with van der Waals surface area (Å²) in [5.41, 5.74) is 2.73. The van der Waals surface area contributed by atoms with Crippen LogP contribution in [-0.2, 0) is 13.0 Å². The average molecular weight is 276 g/mol. The Balaban J connectivity index is 1.63. The highest BCUT2D eigenvalue weighted by molar-refractivity contribution is 6.21. The molecule has 2 unspecified atom stereocenters. The zero-order chi connectivity index (χ0) is 13.2. The summed E-state index contributed by atoms with van der Waals surface area (Å²) in [5, 5.41) is 3.73. The van der Waals surface area contributed by atoms with Crippen LogP contribution in [0.25, 0.3) is 0 Å². The molecule has 0 radical (unpaired) electrons. The van der Waals surface area contributed by atoms with Gasteiger partial charge in [-0.2, -0.15) is 0 Å². The minimum atomic E-state index is 0.154. The van der Waals surface area contributed by atoms with Crippen LogP contribution in [0.4, 0.5) is 0 Å². The molecule has 0 amide bonds. The highest BCUT2D eigenvalue weighted by Gasteiger charge is 2.29. The SMILES string of the molecule is Cc1nccn1CCNC1c2ccccc2CC1Cl. The molecule has 2 aromatic rings. The Bertz CT molecular complexity index is 564. The topological polar surface area (TPSA) is 29.9 Å². The maximum atomic E-state index is 6.45. The molecular formula is C15H18ClN3. The maximum Gasteiger partial charge on any atom is 0.105 e. The van der Waals surface area contributed by atoms with Crippen molar-refractivity contribution in [2.45, 2.75) is 31.3 Å². The van der Waals surface area contributed by atoms with Crippen LogP contribution in [-0.4, -0.2) is 21.5 Å². The van der Waals surface area contributed by atoms with Crippen molar-refractivity contribution in [1.29, 1.82) is 0 Å². The standard InChI is InChI=1S/C15H18ClN3/c1-11-17-6-8-19(11)9-7-18-15-13-5-3-2-4-12(13)10-14(15)16/h2-6,8,14-15,18H,7,9-10H2,1H3. The molecule has 1 aromatic heterocycles. The van der Waals surface area contributed by atoms with Crippen LogP contribution in [0.2, 0.25) is 0 Å². The van der Waals surface area contributed by atoms with Gasteiger partial charge < -0.3 is 9.88 Å². The molecule has 19 heavy (non-hydrogen) atoms. The van der Waals surface area contributed by atoms with E-state index in [9.17, 15) is 0 Å². The summed E-state index contributed by atoms with van der Waals surface area (Å²) in [6.45, 7) is 3.85. The van der Waals surface area contributed by atoms with Gasteiger partial charge in [0.15, 0.2) is 0 Å². The lowest BCUT2D eigenvalue weighted by molar-refractivity contribution is 0.501. The van der Waals surface area contributed by atoms with Crippen LogP contribution in [0.3, 0.4) is 0 Å². The highest BCUT2D eigenvalue weighted by Crippen LogP contribution is 2.34. The summed E-state index contributed by atoms with van der Waals surface area (Å²) in [6, 6.07) is 8.79. The van der Waals surface area contributed by atoms with Gasteiger partial charge in [-0.15, -0.1) is 11.6 Å². The fraction of sp³-hybridized carbons (Fsp3) is 0.400. The Morgan fingerprint density at radius 2 is 2.26 bits per heavy atom. The van der Waals surface area contributed by atoms with E-state index in [0.717, 1.165) is 25.3 Å². The van der Waals surface area contributed by atoms with Gasteiger partial charge in [-0.25, -0.2) is 4.98 Å². The van der Waals surface area contributed by atoms with Gasteiger partial charge in [0, 0.05) is 31.5 Å². The molecule has 100 valence electrons. The van der Waals surface area contributed by atoms with Crippen molar-refractivity contribution < 1.29 is 0 Å². The van der Waals surface area contributed by atoms with E-state index in [-0.39, 0.29) is 11.4 Å². The van der Waals surface area contributed by atoms with Crippen molar-refractivity contribution in [3.63, 3.8) is 0 Å². The lowest BCUT2D eigenvalue weighted by Crippen LogP contribution is -2.29. The molecule has 4 heteroatoms. The monoisotopic (exact) mass is 275 g/mol. The van der Waals surface area contributed by atoms with Crippen LogP contribution >= 0.6 is 11.6 Å². The molecular weight excluding hydrogens is 258 g/mol. The molecule has 0 spiro atoms. The van der Waals surface area contributed by atoms with Crippen molar-refractivity contribution in [1.82, 2.24) is 14.9 Å². The number of aromatic nitrogens is 2. The van der Waals surface area contributed by atoms with E-state index >= 15 is 0 Å². The molecule has 1 heterocycles. The first-order valence-electron chi connectivity index (χ1n) is 6.68. The number of fused-ring (bicyclic) bond motifs is 1. The molecule has 2 atom stereocenters. The van der Waals surface area contributed by atoms with Crippen molar-refractivity contribution in [2.75, 3.05) is 6.54 Å². The van der Waals surface area contributed by atoms with Gasteiger partial charge in [-0.3, -0.25) is 0 Å². The first kappa shape index (κ1) is 12.7. The second-order valence-corrected chi connectivity index (χ2v) is 5.58. The van der Waals surface area contributed by atoms with Crippen molar-refractivity contribution >= 4 is 11.6 Å². The van der Waals surface area contributed by atoms with E-state index in [1.807, 2.05) is 19.3 Å². The quantitative estimate of drug-likeness (QED) is 0.870. The molecule has 0 fully saturated rings. The van der Waals surface area contributed by atoms with E-state index in [1.165, 1.54) is 11.1 Å². The second kappa shape index (κ2) is 5.35. The lowest BCUT2D eigenvalue weighted by Gasteiger charge is -2.18. The zero-order valence-electron chi connectivity index (χ0n) is 11.0. The third-order valence-electron chi connectivity index (χ3n) is 3.81. The highest BCUT2D eigenvalue weighted by atomic mass is 35.5. The second-order valence-electron chi connectivity index (χ2n) is 5.02. The molecule has 3 rings (SSSR count). The smallest absolute Gasteiger partial charge is 0.105 e. The third kappa shape index (κ3) is 2.53. The average Bonchev–Trinajstić information content (AvgIpc) is 2.94. The van der Waals surface area contributed by atoms with E-state index < -0.39 is 0 Å². The molecule has 1 aromatic carbocycles. The molecule has 3 nitrogen and oxygen atoms in total. The molecule has 1 aliphatic carbocycles. The summed E-state index contributed by atoms with van der Waals surface area (Å²) in [7, 11) is 0. The Kier molecular flexibility index (Phi) is 3.58. The van der Waals surface area contributed by atoms with E-state index in [0.29, 0.717) is 0 Å². The number of benzene rings is 1. The summed E-state index contributed by atoms with van der Waals surface area (Å²) in [6.07, 6.45) is 4.81. The van der Waals surface area contributed by atoms with Gasteiger partial charge >= 0.3 is 0 Å². The number of imidazole rings is 1. The van der Waals surface area contributed by atoms with Gasteiger partial charge in [0.2, 0.25) is 0 Å². The largest absolute Gasteiger partial charge is 0.334 e. The van der Waals surface area contributed by atoms with Crippen LogP contribution < -0.4 is 5.32 Å². The fourth-order valence-electron chi connectivity index (χ4n) is 2.76. The Morgan fingerprint density at radius 3 is 3.05 bits per heavy atom. The number of nitrogens with one attached hydrogen (secondary N) is 1. The van der Waals surface area contributed by atoms with Crippen molar-refractivity contribution in [2.24, 2.45) is 0 Å². The fourth-order valence-corrected chi connectivity index (χ4v) is 3.16. The maximum absolute atomic E-state index is 6.45. The number of hydrogen-bond donors (Lipinski definition) is 1. The molecule has 0 aliphatic heterocycles. The minimum absolute atomic E-state index is 0.154. The normalized spacial score (nSPS) is 21.6. The summed E-state index contributed by atoms with van der Waals surface area (Å²) < 4.78 is 2.15. The Morgan fingerprint density at radius 1 is 1.42 bits per heavy atom. The number of aryl methyl sites for hydroxylation is 1. The number of alkyl halides is 1. The van der Waals surface area contributed by atoms with Crippen molar-refractivity contribution in [3.8, 4) is 0 Å². The van der Waals surface area contributed by atoms with Crippen LogP contribution in [0.15, 0.2) is 36.7 Å². The molecule has 0 saturated carbocycles. The predicted octanol–water partition coefficient (Wildman–Crippen LogP) is 2.69. The zero-order valence-corrected chi connectivity index (χ0v) is 11.8. The Hall–Kier alpha value is -1.32. The van der Waals surface area contributed by atoms with Crippen LogP contribution in [0, 0.1) is 6.92 Å². The predicted molar refractivity (Wildman–Crippen MR) is 77.5 cm³/mol. The minimum Gasteiger partial charge on any atom is -0.334 e. The number of nitrogens with zero attached hydrogens (tertiary/aromatic N) is 2. The van der Waals surface area contributed by atoms with Gasteiger partial charge in [-0.1, -0.05) is 24.3 Å². The number of halogens is 1. The van der Waals surface area contributed by atoms with Gasteiger partial charge in [0.1, 0.15) is 5.82 Å². The number of rotatable bonds is 4. The summed E-state index contributed by atoms with van der Waals surface area (Å²) >= 11 is 6.45. The molecule has 1 N–H and O–H groups in total. The molecule has 1 aliphatic rings. The Labute approximate surface area is 118 Å². The molecule has 0 bridgehead atoms. The summed E-state index contributed by atoms with van der Waals surface area (Å²) in [4.78, 5) is 4.23. The third-order valence-corrected chi connectivity index (χ3v) is 4.21. The van der Waals surface area contributed by atoms with E-state index in [1.54, 1.807) is 0 Å². The molecule has 0 saturated heterocycles. The van der Waals surface area contributed by atoms with E-state index in [2.05, 4.69) is 39.1 Å². The van der Waals surface area contributed by atoms with Gasteiger partial charge in [0.05, 0.1) is 5.38 Å². The van der Waals surface area contributed by atoms with Crippen LogP contribution in [0.1, 0.15) is 23.0 Å². The van der Waals surface area contributed by atoms with Gasteiger partial charge in [0.25, 0.3) is 0 Å². The first-order valence-corrected chi connectivity index (χ1v) is 7.12. The van der Waals surface area contributed by atoms with Gasteiger partial charge in [-0.05, 0) is 24.5 Å². The van der Waals surface area contributed by atoms with E-state index in [4.69, 9.17) is 11.6 Å². The van der Waals surface area contributed by atoms with Crippen molar-refractivity contribution in [3.05, 3.63) is 53.6 Å². The lowest BCUT2D eigenvalue weighted by atomic mass is 10.1. The summed E-state index contributed by atoms with van der Waals surface area (Å²) in [5.74, 6) is 1.05. The number of hydrogen-bond acceptors (Lipinski definition) is 2. The van der Waals surface area contributed by atoms with Crippen LogP contribution in [0.5, 0.6) is 0 Å².